The van der Waals surface area contributed by atoms with Crippen molar-refractivity contribution in [2.75, 3.05) is 0 Å². The van der Waals surface area contributed by atoms with Gasteiger partial charge in [-0.1, -0.05) is 111 Å². The van der Waals surface area contributed by atoms with Crippen molar-refractivity contribution in [1.29, 1.82) is 0 Å². The van der Waals surface area contributed by atoms with Crippen LogP contribution in [0.5, 0.6) is 11.5 Å². The molecule has 19 aromatic rings. The molecule has 0 saturated heterocycles. The Bertz CT molecular complexity index is 7010. The first-order valence-corrected chi connectivity index (χ1v) is 42.8. The fraction of sp³-hybridized carbons (Fsp3) is 0.250. The number of aromatic amines is 10. The third-order valence-corrected chi connectivity index (χ3v) is 21.5. The largest absolute Gasteiger partial charge is 0.586 e. The lowest BCUT2D eigenvalue weighted by Crippen LogP contribution is -2.25. The standard InChI is InChI=1S/C21H22FN5.C20H17F2N5O2.C19H17ClFN5.C19H18ClN5.C13H14BrN5/c1-13(2)4-3-5-19-23-21(27-25-19)15-8-11-18-17(12-15)20(26-24-18)14-6-9-16(22)10-7-14;1-10(2)7-17-23-19(27-25-17)12-3-5-14-13(8-12)18(26-24-14)11-4-6-15-16(9-11)29-20(21,22)28-15;1-10(2)7-17-22-19(26-24-17)12-4-6-16-13(8-12)18(25-23-16)11-3-5-15(21)14(20)9-11;1-11(2)8-17-21-19(25-23-17)13-6-7-16-15(10-13)18(24-22-16)12-4-3-5-14(20)9-12;1-7(2)5-11-15-13(19-17-11)8-3-4-10-9(6-8)12(14)18-16-10/h6-13H,3-5H2,1-2H3,(H,24,26)(H,23,25,27);3-6,8-10H,7H2,1-2H3,(H,24,26)(H,23,25,27);3-6,8-10H,7H2,1-2H3,(H,23,25)(H,22,24,26);3-7,9-11H,8H2,1-2H3,(H,22,24)(H,21,23,25);3-4,6-7H,5H2,1-2H3,(H,16,18)(H,15,17,19). The summed E-state index contributed by atoms with van der Waals surface area (Å²) in [6.07, 6.45) is 2.98. The number of H-pyrrole nitrogens is 10. The molecule has 9 aromatic carbocycles. The lowest BCUT2D eigenvalue weighted by atomic mass is 10.0. The summed E-state index contributed by atoms with van der Waals surface area (Å²) in [6.45, 7) is 21.6. The quantitative estimate of drug-likeness (QED) is 0.0299. The summed E-state index contributed by atoms with van der Waals surface area (Å²) in [5, 5.41) is 78.9. The van der Waals surface area contributed by atoms with Crippen LogP contribution >= 0.6 is 39.1 Å². The molecule has 27 nitrogen and oxygen atoms in total. The first-order valence-electron chi connectivity index (χ1n) is 41.2. The van der Waals surface area contributed by atoms with E-state index < -0.39 is 12.1 Å². The monoisotopic (exact) mass is 1800 g/mol. The second kappa shape index (κ2) is 37.5. The maximum absolute atomic E-state index is 13.5. The summed E-state index contributed by atoms with van der Waals surface area (Å²) >= 11 is 15.5. The molecule has 642 valence electrons. The highest BCUT2D eigenvalue weighted by atomic mass is 79.9. The van der Waals surface area contributed by atoms with Gasteiger partial charge in [0.2, 0.25) is 0 Å². The van der Waals surface area contributed by atoms with Crippen LogP contribution in [-0.4, -0.2) is 133 Å². The summed E-state index contributed by atoms with van der Waals surface area (Å²) in [5.41, 5.74) is 15.3. The van der Waals surface area contributed by atoms with Gasteiger partial charge in [-0.3, -0.25) is 51.0 Å². The fourth-order valence-electron chi connectivity index (χ4n) is 14.4. The van der Waals surface area contributed by atoms with E-state index in [0.29, 0.717) is 74.9 Å². The minimum atomic E-state index is -3.65. The predicted molar refractivity (Wildman–Crippen MR) is 485 cm³/mol. The Morgan fingerprint density at radius 3 is 1.13 bits per heavy atom. The summed E-state index contributed by atoms with van der Waals surface area (Å²) in [6, 6.07) is 52.9. The Labute approximate surface area is 737 Å². The Morgan fingerprint density at radius 2 is 0.706 bits per heavy atom. The van der Waals surface area contributed by atoms with E-state index in [2.05, 4.69) is 228 Å². The van der Waals surface area contributed by atoms with E-state index in [4.69, 9.17) is 23.2 Å². The van der Waals surface area contributed by atoms with Crippen LogP contribution in [0.4, 0.5) is 17.6 Å². The first kappa shape index (κ1) is 86.0. The van der Waals surface area contributed by atoms with Gasteiger partial charge in [0.05, 0.1) is 49.7 Å². The molecule has 11 heterocycles. The second-order valence-electron chi connectivity index (χ2n) is 32.8. The van der Waals surface area contributed by atoms with Crippen LogP contribution in [-0.2, 0) is 32.1 Å². The van der Waals surface area contributed by atoms with Crippen molar-refractivity contribution in [3.8, 4) is 113 Å². The number of ether oxygens (including phenoxy) is 2. The Morgan fingerprint density at radius 1 is 0.341 bits per heavy atom. The molecular weight excluding hydrogens is 1710 g/mol. The summed E-state index contributed by atoms with van der Waals surface area (Å²) in [4.78, 5) is 22.9. The van der Waals surface area contributed by atoms with Crippen LogP contribution in [0.15, 0.2) is 181 Å². The smallest absolute Gasteiger partial charge is 0.395 e. The number of halogens is 7. The van der Waals surface area contributed by atoms with Gasteiger partial charge in [-0.2, -0.15) is 51.0 Å². The number of nitrogens with zero attached hydrogens (tertiary/aromatic N) is 15. The van der Waals surface area contributed by atoms with Gasteiger partial charge in [-0.25, -0.2) is 33.7 Å². The van der Waals surface area contributed by atoms with Gasteiger partial charge in [0.15, 0.2) is 40.6 Å². The normalized spacial score (nSPS) is 12.3. The molecule has 1 aliphatic heterocycles. The average molecular weight is 1800 g/mol. The van der Waals surface area contributed by atoms with Crippen molar-refractivity contribution in [3.63, 3.8) is 0 Å². The van der Waals surface area contributed by atoms with Gasteiger partial charge in [0.25, 0.3) is 0 Å². The molecule has 20 rings (SSSR count). The third kappa shape index (κ3) is 20.3. The molecule has 0 amide bonds. The fourth-order valence-corrected chi connectivity index (χ4v) is 15.2. The predicted octanol–water partition coefficient (Wildman–Crippen LogP) is 22.8. The number of hydrogen-bond donors (Lipinski definition) is 10. The number of aromatic nitrogens is 25. The second-order valence-corrected chi connectivity index (χ2v) is 34.4. The average Bonchev–Trinajstić information content (AvgIpc) is 1.64. The molecule has 0 unspecified atom stereocenters. The number of fused-ring (bicyclic) bond motifs is 6. The van der Waals surface area contributed by atoms with Crippen molar-refractivity contribution >= 4 is 93.6 Å². The zero-order valence-corrected chi connectivity index (χ0v) is 73.3. The number of nitrogens with one attached hydrogen (secondary N) is 10. The molecule has 0 radical (unpaired) electrons. The highest BCUT2D eigenvalue weighted by Gasteiger charge is 2.43. The van der Waals surface area contributed by atoms with E-state index in [0.717, 1.165) is 188 Å². The third-order valence-electron chi connectivity index (χ3n) is 20.4. The van der Waals surface area contributed by atoms with E-state index in [-0.39, 0.29) is 22.3 Å². The molecule has 34 heteroatoms. The summed E-state index contributed by atoms with van der Waals surface area (Å²) in [5.74, 6) is 9.84. The highest BCUT2D eigenvalue weighted by Crippen LogP contribution is 2.44. The Hall–Kier alpha value is -13.6. The summed E-state index contributed by atoms with van der Waals surface area (Å²) in [7, 11) is 0. The summed E-state index contributed by atoms with van der Waals surface area (Å²) < 4.78 is 63.2. The molecule has 0 aliphatic carbocycles. The molecule has 0 atom stereocenters. The number of aryl methyl sites for hydroxylation is 1. The Kier molecular flexibility index (Phi) is 25.6. The molecule has 0 fully saturated rings. The molecule has 1 aliphatic rings. The van der Waals surface area contributed by atoms with E-state index >= 15 is 0 Å². The van der Waals surface area contributed by atoms with Crippen molar-refractivity contribution in [3.05, 3.63) is 231 Å². The molecule has 0 bridgehead atoms. The van der Waals surface area contributed by atoms with Crippen molar-refractivity contribution < 1.29 is 27.0 Å². The topological polar surface area (TPSA) is 370 Å². The zero-order chi connectivity index (χ0) is 88.0. The van der Waals surface area contributed by atoms with E-state index in [9.17, 15) is 17.6 Å². The SMILES string of the molecule is CC(C)CCCc1nc(-c2ccc3[nH]nc(-c4ccc(F)cc4)c3c2)n[nH]1.CC(C)Cc1nc(-c2ccc3[nH]nc(-c4ccc(F)c(Cl)c4)c3c2)n[nH]1.CC(C)Cc1nc(-c2ccc3[nH]nc(-c4ccc5c(c4)OC(F)(F)O5)c3c2)n[nH]1.CC(C)Cc1nc(-c2ccc3[nH]nc(-c4cccc(Cl)c4)c3c2)n[nH]1.CC(C)Cc1nc(-c2ccc3n[nH]c(Br)c3c2)n[nH]1. The molecule has 126 heavy (non-hydrogen) atoms. The van der Waals surface area contributed by atoms with Crippen LogP contribution in [0, 0.1) is 41.2 Å². The minimum absolute atomic E-state index is 0.00214. The van der Waals surface area contributed by atoms with Crippen LogP contribution in [0.3, 0.4) is 0 Å². The number of alkyl halides is 2. The maximum atomic E-state index is 13.5. The highest BCUT2D eigenvalue weighted by molar-refractivity contribution is 9.10. The van der Waals surface area contributed by atoms with Crippen molar-refractivity contribution in [2.24, 2.45) is 29.6 Å². The minimum Gasteiger partial charge on any atom is -0.395 e. The van der Waals surface area contributed by atoms with Gasteiger partial charge in [0, 0.05) is 114 Å². The molecular formula is C92H88BrCl2F4N25O2. The van der Waals surface area contributed by atoms with Gasteiger partial charge in [-0.05, 0) is 216 Å². The number of hydrogen-bond acceptors (Lipinski definition) is 17. The van der Waals surface area contributed by atoms with E-state index in [1.807, 2.05) is 109 Å². The number of benzene rings is 9. The van der Waals surface area contributed by atoms with Crippen LogP contribution < -0.4 is 9.47 Å². The molecule has 0 spiro atoms. The van der Waals surface area contributed by atoms with Crippen molar-refractivity contribution in [1.82, 2.24) is 127 Å². The van der Waals surface area contributed by atoms with Gasteiger partial charge < -0.3 is 9.47 Å². The van der Waals surface area contributed by atoms with Crippen LogP contribution in [0.2, 0.25) is 10.0 Å². The van der Waals surface area contributed by atoms with Crippen LogP contribution in [0.1, 0.15) is 111 Å². The van der Waals surface area contributed by atoms with Crippen molar-refractivity contribution in [2.45, 2.75) is 120 Å². The van der Waals surface area contributed by atoms with Gasteiger partial charge in [0.1, 0.15) is 51.1 Å². The lowest BCUT2D eigenvalue weighted by Gasteiger charge is -2.04. The maximum Gasteiger partial charge on any atom is 0.586 e. The molecule has 0 saturated carbocycles. The van der Waals surface area contributed by atoms with Gasteiger partial charge in [-0.15, -0.1) is 8.78 Å². The Balaban J connectivity index is 0.000000117. The van der Waals surface area contributed by atoms with Crippen LogP contribution in [0.25, 0.3) is 156 Å². The van der Waals surface area contributed by atoms with E-state index in [1.165, 1.54) is 36.8 Å². The molecule has 10 N–H and O–H groups in total. The van der Waals surface area contributed by atoms with Gasteiger partial charge >= 0.3 is 6.29 Å². The van der Waals surface area contributed by atoms with E-state index in [1.54, 1.807) is 30.3 Å². The lowest BCUT2D eigenvalue weighted by molar-refractivity contribution is -0.286. The number of rotatable bonds is 21. The zero-order valence-electron chi connectivity index (χ0n) is 70.3. The molecule has 10 aromatic heterocycles. The first-order chi connectivity index (χ1) is 60.7.